The monoisotopic (exact) mass is 238 g/mol. The van der Waals surface area contributed by atoms with Gasteiger partial charge in [0.25, 0.3) is 0 Å². The van der Waals surface area contributed by atoms with Crippen LogP contribution in [0.25, 0.3) is 5.32 Å². The van der Waals surface area contributed by atoms with Crippen LogP contribution in [0.15, 0.2) is 18.2 Å². The first-order valence-corrected chi connectivity index (χ1v) is 3.30. The molecule has 12 heavy (non-hydrogen) atoms. The van der Waals surface area contributed by atoms with Crippen molar-refractivity contribution in [2.75, 3.05) is 0 Å². The number of fused-ring (bicyclic) bond motifs is 1. The van der Waals surface area contributed by atoms with Crippen molar-refractivity contribution in [3.63, 3.8) is 0 Å². The molecule has 0 aliphatic carbocycles. The van der Waals surface area contributed by atoms with E-state index in [1.165, 1.54) is 11.1 Å². The molecule has 0 bridgehead atoms. The minimum absolute atomic E-state index is 0. The van der Waals surface area contributed by atoms with E-state index in [-0.39, 0.29) is 40.1 Å². The average Bonchev–Trinajstić information content (AvgIpc) is 2.33. The van der Waals surface area contributed by atoms with Crippen molar-refractivity contribution >= 4 is 0 Å². The van der Waals surface area contributed by atoms with Crippen molar-refractivity contribution in [1.29, 1.82) is 0 Å². The predicted molar refractivity (Wildman–Crippen MR) is 45.3 cm³/mol. The quantitative estimate of drug-likeness (QED) is 0.691. The summed E-state index contributed by atoms with van der Waals surface area (Å²) in [6.45, 7) is 1.58. The molecular weight excluding hydrogens is 227 g/mol. The van der Waals surface area contributed by atoms with Gasteiger partial charge in [0.2, 0.25) is 0 Å². The molecule has 0 spiro atoms. The van der Waals surface area contributed by atoms with E-state index in [0.717, 1.165) is 13.1 Å². The van der Waals surface area contributed by atoms with E-state index < -0.39 is 0 Å². The second kappa shape index (κ2) is 4.95. The van der Waals surface area contributed by atoms with Crippen LogP contribution >= 0.6 is 0 Å². The molecular formula is C9H11NOY-2. The number of aromatic hydroxyl groups is 1. The molecule has 0 fully saturated rings. The van der Waals surface area contributed by atoms with Crippen LogP contribution in [0.4, 0.5) is 0 Å². The van der Waals surface area contributed by atoms with Crippen LogP contribution in [0.1, 0.15) is 11.1 Å². The summed E-state index contributed by atoms with van der Waals surface area (Å²) >= 11 is 0. The second-order valence-corrected chi connectivity index (χ2v) is 2.49. The second-order valence-electron chi connectivity index (χ2n) is 2.49. The zero-order chi connectivity index (χ0) is 6.97. The molecule has 0 saturated carbocycles. The van der Waals surface area contributed by atoms with Gasteiger partial charge in [-0.2, -0.15) is 0 Å². The molecule has 1 heterocycles. The minimum Gasteiger partial charge on any atom is -0.655 e. The predicted octanol–water partition coefficient (Wildman–Crippen LogP) is 2.23. The number of phenolic OH excluding ortho intramolecular Hbond substituents is 1. The Morgan fingerprint density at radius 2 is 1.83 bits per heavy atom. The fourth-order valence-corrected chi connectivity index (χ4v) is 1.21. The molecule has 1 aromatic rings. The van der Waals surface area contributed by atoms with Gasteiger partial charge >= 0.3 is 0 Å². The Morgan fingerprint density at radius 1 is 1.17 bits per heavy atom. The van der Waals surface area contributed by atoms with Crippen molar-refractivity contribution < 1.29 is 37.8 Å². The Hall–Kier alpha value is 0.0839. The average molecular weight is 238 g/mol. The Bertz CT molecular complexity index is 263. The van der Waals surface area contributed by atoms with Crippen LogP contribution in [0.5, 0.6) is 5.75 Å². The van der Waals surface area contributed by atoms with Crippen molar-refractivity contribution in [3.05, 3.63) is 42.1 Å². The number of benzene rings is 1. The maximum atomic E-state index is 9.05. The van der Waals surface area contributed by atoms with Crippen LogP contribution in [-0.2, 0) is 45.8 Å². The van der Waals surface area contributed by atoms with Gasteiger partial charge < -0.3 is 17.8 Å². The molecule has 3 heteroatoms. The fraction of sp³-hybridized carbons (Fsp3) is 0.222. The van der Waals surface area contributed by atoms with Crippen molar-refractivity contribution in [3.8, 4) is 5.75 Å². The molecule has 63 valence electrons. The summed E-state index contributed by atoms with van der Waals surface area (Å²) in [6, 6.07) is 5.42. The van der Waals surface area contributed by atoms with E-state index in [2.05, 4.69) is 5.32 Å². The van der Waals surface area contributed by atoms with Crippen LogP contribution < -0.4 is 0 Å². The Labute approximate surface area is 98.3 Å². The molecule has 1 aliphatic heterocycles. The summed E-state index contributed by atoms with van der Waals surface area (Å²) in [7, 11) is 0. The number of hydrogen-bond donors (Lipinski definition) is 1. The third-order valence-electron chi connectivity index (χ3n) is 1.75. The van der Waals surface area contributed by atoms with Gasteiger partial charge in [0, 0.05) is 32.7 Å². The van der Waals surface area contributed by atoms with Crippen LogP contribution in [0.3, 0.4) is 0 Å². The third kappa shape index (κ3) is 2.28. The van der Waals surface area contributed by atoms with Crippen LogP contribution in [0.2, 0.25) is 0 Å². The molecule has 2 rings (SSSR count). The fourth-order valence-electron chi connectivity index (χ4n) is 1.21. The van der Waals surface area contributed by atoms with Gasteiger partial charge in [0.15, 0.2) is 0 Å². The molecule has 0 unspecified atom stereocenters. The molecule has 0 saturated heterocycles. The zero-order valence-corrected chi connectivity index (χ0v) is 9.96. The maximum Gasteiger partial charge on any atom is 0.115 e. The number of nitrogens with zero attached hydrogens (tertiary/aromatic N) is 1. The van der Waals surface area contributed by atoms with Gasteiger partial charge in [-0.3, -0.25) is 0 Å². The van der Waals surface area contributed by atoms with E-state index in [1.807, 2.05) is 6.07 Å². The summed E-state index contributed by atoms with van der Waals surface area (Å²) in [5.74, 6) is 0.343. The first-order valence-electron chi connectivity index (χ1n) is 3.30. The van der Waals surface area contributed by atoms with Gasteiger partial charge in [-0.15, -0.1) is 13.1 Å². The molecule has 0 amide bonds. The van der Waals surface area contributed by atoms with Crippen molar-refractivity contribution in [2.24, 2.45) is 0 Å². The molecule has 1 aliphatic rings. The first kappa shape index (κ1) is 12.1. The van der Waals surface area contributed by atoms with Crippen LogP contribution in [0, 0.1) is 7.43 Å². The Kier molecular flexibility index (Phi) is 4.99. The van der Waals surface area contributed by atoms with Gasteiger partial charge in [0.1, 0.15) is 5.75 Å². The largest absolute Gasteiger partial charge is 0.655 e. The van der Waals surface area contributed by atoms with Gasteiger partial charge in [-0.25, -0.2) is 0 Å². The maximum absolute atomic E-state index is 9.05. The molecule has 1 N–H and O–H groups in total. The summed E-state index contributed by atoms with van der Waals surface area (Å²) in [6.07, 6.45) is 0. The van der Waals surface area contributed by atoms with E-state index in [4.69, 9.17) is 5.11 Å². The standard InChI is InChI=1S/C8H8NO.CH3.Y/c10-8-2-1-6-4-9-5-7(6)3-8;;/h1-3,10H,4-5H2;1H3;/q2*-1;. The topological polar surface area (TPSA) is 34.3 Å². The van der Waals surface area contributed by atoms with Crippen molar-refractivity contribution in [2.45, 2.75) is 13.1 Å². The number of hydrogen-bond acceptors (Lipinski definition) is 1. The third-order valence-corrected chi connectivity index (χ3v) is 1.75. The van der Waals surface area contributed by atoms with E-state index in [1.54, 1.807) is 12.1 Å². The molecule has 0 aromatic heterocycles. The SMILES string of the molecule is Oc1ccc2c(c1)C[N-]C2.[CH3-].[Y]. The minimum atomic E-state index is 0. The Balaban J connectivity index is 0.000000605. The van der Waals surface area contributed by atoms with Gasteiger partial charge in [-0.1, -0.05) is 17.2 Å². The summed E-state index contributed by atoms with van der Waals surface area (Å²) in [4.78, 5) is 0. The normalized spacial score (nSPS) is 12.7. The molecule has 0 atom stereocenters. The molecule has 1 aromatic carbocycles. The molecule has 2 nitrogen and oxygen atoms in total. The van der Waals surface area contributed by atoms with E-state index >= 15 is 0 Å². The number of phenols is 1. The number of rotatable bonds is 0. The zero-order valence-electron chi connectivity index (χ0n) is 7.12. The Morgan fingerprint density at radius 3 is 2.58 bits per heavy atom. The summed E-state index contributed by atoms with van der Waals surface area (Å²) in [5, 5.41) is 13.2. The molecule has 1 radical (unpaired) electrons. The summed E-state index contributed by atoms with van der Waals surface area (Å²) < 4.78 is 0. The summed E-state index contributed by atoms with van der Waals surface area (Å²) in [5.41, 5.74) is 2.41. The first-order chi connectivity index (χ1) is 4.86. The van der Waals surface area contributed by atoms with Gasteiger partial charge in [0.05, 0.1) is 0 Å². The van der Waals surface area contributed by atoms with E-state index in [0.29, 0.717) is 5.75 Å². The van der Waals surface area contributed by atoms with E-state index in [9.17, 15) is 0 Å². The van der Waals surface area contributed by atoms with Gasteiger partial charge in [-0.05, 0) is 12.1 Å². The van der Waals surface area contributed by atoms with Crippen LogP contribution in [-0.4, -0.2) is 5.11 Å². The van der Waals surface area contributed by atoms with Crippen molar-refractivity contribution in [1.82, 2.24) is 0 Å². The smallest absolute Gasteiger partial charge is 0.115 e.